The molecule has 1 N–H and O–H groups in total. The Morgan fingerprint density at radius 1 is 1.31 bits per heavy atom. The summed E-state index contributed by atoms with van der Waals surface area (Å²) in [5, 5.41) is 8.64. The summed E-state index contributed by atoms with van der Waals surface area (Å²) in [7, 11) is 0. The van der Waals surface area contributed by atoms with Crippen LogP contribution in [0.4, 0.5) is 0 Å². The van der Waals surface area contributed by atoms with Crippen molar-refractivity contribution in [1.29, 1.82) is 0 Å². The summed E-state index contributed by atoms with van der Waals surface area (Å²) in [6.07, 6.45) is 3.54. The zero-order chi connectivity index (χ0) is 12.2. The maximum absolute atomic E-state index is 10.5. The van der Waals surface area contributed by atoms with Gasteiger partial charge in [0.2, 0.25) is 0 Å². The summed E-state index contributed by atoms with van der Waals surface area (Å²) in [6.45, 7) is 10.2. The highest BCUT2D eigenvalue weighted by Gasteiger charge is 2.23. The third-order valence-electron chi connectivity index (χ3n) is 3.17. The minimum absolute atomic E-state index is 0.337. The number of hydrogen-bond acceptors (Lipinski definition) is 2. The Hall–Kier alpha value is -0.570. The van der Waals surface area contributed by atoms with Gasteiger partial charge in [-0.05, 0) is 43.7 Å². The van der Waals surface area contributed by atoms with Crippen molar-refractivity contribution in [3.8, 4) is 0 Å². The summed E-state index contributed by atoms with van der Waals surface area (Å²) < 4.78 is 0. The third-order valence-corrected chi connectivity index (χ3v) is 3.17. The van der Waals surface area contributed by atoms with E-state index >= 15 is 0 Å². The quantitative estimate of drug-likeness (QED) is 0.802. The van der Waals surface area contributed by atoms with Gasteiger partial charge in [-0.1, -0.05) is 20.8 Å². The normalized spacial score (nSPS) is 19.9. The van der Waals surface area contributed by atoms with E-state index in [2.05, 4.69) is 25.7 Å². The maximum Gasteiger partial charge on any atom is 0.303 e. The SMILES string of the molecule is CC(C)(C)CN1CCC(CCC(=O)O)CC1. The Morgan fingerprint density at radius 3 is 2.31 bits per heavy atom. The van der Waals surface area contributed by atoms with Crippen LogP contribution in [0.15, 0.2) is 0 Å². The first-order chi connectivity index (χ1) is 7.37. The Kier molecular flexibility index (Phi) is 4.78. The highest BCUT2D eigenvalue weighted by atomic mass is 16.4. The van der Waals surface area contributed by atoms with Crippen molar-refractivity contribution < 1.29 is 9.90 Å². The fourth-order valence-corrected chi connectivity index (χ4v) is 2.43. The van der Waals surface area contributed by atoms with E-state index in [1.165, 1.54) is 12.8 Å². The average Bonchev–Trinajstić information content (AvgIpc) is 2.14. The standard InChI is InChI=1S/C13H25NO2/c1-13(2,3)10-14-8-6-11(7-9-14)4-5-12(15)16/h11H,4-10H2,1-3H3,(H,15,16). The fourth-order valence-electron chi connectivity index (χ4n) is 2.43. The van der Waals surface area contributed by atoms with E-state index in [0.29, 0.717) is 17.8 Å². The number of rotatable bonds is 4. The number of piperidine rings is 1. The molecule has 0 aliphatic carbocycles. The van der Waals surface area contributed by atoms with Crippen molar-refractivity contribution in [3.05, 3.63) is 0 Å². The van der Waals surface area contributed by atoms with Crippen LogP contribution in [0, 0.1) is 11.3 Å². The molecule has 1 rings (SSSR count). The van der Waals surface area contributed by atoms with E-state index in [4.69, 9.17) is 5.11 Å². The van der Waals surface area contributed by atoms with Gasteiger partial charge in [-0.25, -0.2) is 0 Å². The molecule has 0 radical (unpaired) electrons. The van der Waals surface area contributed by atoms with Crippen molar-refractivity contribution in [3.63, 3.8) is 0 Å². The molecule has 1 aliphatic heterocycles. The molecule has 0 saturated carbocycles. The molecule has 1 fully saturated rings. The number of carboxylic acids is 1. The highest BCUT2D eigenvalue weighted by Crippen LogP contribution is 2.24. The number of carboxylic acid groups (broad SMARTS) is 1. The van der Waals surface area contributed by atoms with Crippen LogP contribution in [0.25, 0.3) is 0 Å². The van der Waals surface area contributed by atoms with Gasteiger partial charge in [-0.3, -0.25) is 4.79 Å². The van der Waals surface area contributed by atoms with E-state index in [-0.39, 0.29) is 0 Å². The van der Waals surface area contributed by atoms with Crippen molar-refractivity contribution in [2.24, 2.45) is 11.3 Å². The van der Waals surface area contributed by atoms with Crippen LogP contribution in [0.3, 0.4) is 0 Å². The van der Waals surface area contributed by atoms with Crippen LogP contribution < -0.4 is 0 Å². The van der Waals surface area contributed by atoms with E-state index in [1.54, 1.807) is 0 Å². The second kappa shape index (κ2) is 5.67. The van der Waals surface area contributed by atoms with Gasteiger partial charge >= 0.3 is 5.97 Å². The molecule has 0 spiro atoms. The van der Waals surface area contributed by atoms with Crippen LogP contribution in [-0.2, 0) is 4.79 Å². The second-order valence-corrected chi connectivity index (χ2v) is 6.21. The Balaban J connectivity index is 2.21. The summed E-state index contributed by atoms with van der Waals surface area (Å²) in [5.41, 5.74) is 0.369. The lowest BCUT2D eigenvalue weighted by molar-refractivity contribution is -0.137. The lowest BCUT2D eigenvalue weighted by Crippen LogP contribution is -2.39. The van der Waals surface area contributed by atoms with Crippen LogP contribution >= 0.6 is 0 Å². The first-order valence-electron chi connectivity index (χ1n) is 6.31. The molecule has 0 aromatic heterocycles. The Labute approximate surface area is 98.8 Å². The molecular formula is C13H25NO2. The topological polar surface area (TPSA) is 40.5 Å². The molecule has 1 aliphatic rings. The minimum atomic E-state index is -0.655. The Bertz CT molecular complexity index is 225. The predicted molar refractivity (Wildman–Crippen MR) is 65.5 cm³/mol. The third kappa shape index (κ3) is 5.50. The molecule has 0 bridgehead atoms. The molecule has 3 nitrogen and oxygen atoms in total. The number of likely N-dealkylation sites (tertiary alicyclic amines) is 1. The molecule has 0 amide bonds. The summed E-state index contributed by atoms with van der Waals surface area (Å²) in [5.74, 6) is -0.0237. The molecule has 0 aromatic carbocycles. The molecule has 0 unspecified atom stereocenters. The van der Waals surface area contributed by atoms with E-state index in [9.17, 15) is 4.79 Å². The van der Waals surface area contributed by atoms with Crippen LogP contribution in [-0.4, -0.2) is 35.6 Å². The number of aliphatic carboxylic acids is 1. The summed E-state index contributed by atoms with van der Waals surface area (Å²) in [6, 6.07) is 0. The minimum Gasteiger partial charge on any atom is -0.481 e. The van der Waals surface area contributed by atoms with Crippen LogP contribution in [0.1, 0.15) is 46.5 Å². The molecular weight excluding hydrogens is 202 g/mol. The lowest BCUT2D eigenvalue weighted by Gasteiger charge is -2.35. The van der Waals surface area contributed by atoms with E-state index in [1.807, 2.05) is 0 Å². The molecule has 16 heavy (non-hydrogen) atoms. The zero-order valence-electron chi connectivity index (χ0n) is 10.8. The molecule has 0 atom stereocenters. The zero-order valence-corrected chi connectivity index (χ0v) is 10.8. The Morgan fingerprint density at radius 2 is 1.88 bits per heavy atom. The summed E-state index contributed by atoms with van der Waals surface area (Å²) >= 11 is 0. The van der Waals surface area contributed by atoms with Gasteiger partial charge in [0.05, 0.1) is 0 Å². The van der Waals surface area contributed by atoms with Gasteiger partial charge in [0.1, 0.15) is 0 Å². The monoisotopic (exact) mass is 227 g/mol. The summed E-state index contributed by atoms with van der Waals surface area (Å²) in [4.78, 5) is 13.0. The predicted octanol–water partition coefficient (Wildman–Crippen LogP) is 2.61. The smallest absolute Gasteiger partial charge is 0.303 e. The maximum atomic E-state index is 10.5. The first-order valence-corrected chi connectivity index (χ1v) is 6.31. The molecule has 94 valence electrons. The van der Waals surface area contributed by atoms with Crippen LogP contribution in [0.2, 0.25) is 0 Å². The average molecular weight is 227 g/mol. The van der Waals surface area contributed by atoms with Gasteiger partial charge in [0, 0.05) is 13.0 Å². The van der Waals surface area contributed by atoms with Gasteiger partial charge in [-0.2, -0.15) is 0 Å². The van der Waals surface area contributed by atoms with Gasteiger partial charge < -0.3 is 10.0 Å². The van der Waals surface area contributed by atoms with Crippen molar-refractivity contribution >= 4 is 5.97 Å². The first kappa shape index (κ1) is 13.5. The number of nitrogens with zero attached hydrogens (tertiary/aromatic N) is 1. The highest BCUT2D eigenvalue weighted by molar-refractivity contribution is 5.66. The molecule has 1 heterocycles. The van der Waals surface area contributed by atoms with E-state index < -0.39 is 5.97 Å². The largest absolute Gasteiger partial charge is 0.481 e. The molecule has 1 saturated heterocycles. The fraction of sp³-hybridized carbons (Fsp3) is 0.923. The lowest BCUT2D eigenvalue weighted by atomic mass is 9.90. The molecule has 0 aromatic rings. The van der Waals surface area contributed by atoms with Gasteiger partial charge in [-0.15, -0.1) is 0 Å². The number of hydrogen-bond donors (Lipinski definition) is 1. The van der Waals surface area contributed by atoms with Crippen LogP contribution in [0.5, 0.6) is 0 Å². The number of carbonyl (C=O) groups is 1. The van der Waals surface area contributed by atoms with Gasteiger partial charge in [0.15, 0.2) is 0 Å². The van der Waals surface area contributed by atoms with Crippen molar-refractivity contribution in [1.82, 2.24) is 4.90 Å². The van der Waals surface area contributed by atoms with Crippen molar-refractivity contribution in [2.45, 2.75) is 46.5 Å². The molecule has 3 heteroatoms. The second-order valence-electron chi connectivity index (χ2n) is 6.21. The van der Waals surface area contributed by atoms with Gasteiger partial charge in [0.25, 0.3) is 0 Å². The van der Waals surface area contributed by atoms with Crippen molar-refractivity contribution in [2.75, 3.05) is 19.6 Å². The van der Waals surface area contributed by atoms with E-state index in [0.717, 1.165) is 26.1 Å².